The van der Waals surface area contributed by atoms with Gasteiger partial charge in [0.05, 0.1) is 50.7 Å². The van der Waals surface area contributed by atoms with Crippen molar-refractivity contribution in [2.24, 2.45) is 28.6 Å². The molecule has 7 rings (SSSR count). The van der Waals surface area contributed by atoms with Crippen molar-refractivity contribution in [2.45, 2.75) is 226 Å². The molecule has 0 aromatic heterocycles. The van der Waals surface area contributed by atoms with Crippen LogP contribution in [0.4, 0.5) is 0 Å². The molecule has 4 heterocycles. The maximum absolute atomic E-state index is 15.1. The lowest BCUT2D eigenvalue weighted by Crippen LogP contribution is -2.67. The Morgan fingerprint density at radius 1 is 0.610 bits per heavy atom. The van der Waals surface area contributed by atoms with Crippen molar-refractivity contribution < 1.29 is 139 Å². The molecule has 7 aliphatic rings. The van der Waals surface area contributed by atoms with Gasteiger partial charge >= 0.3 is 5.97 Å². The first kappa shape index (κ1) is 62.8. The lowest BCUT2D eigenvalue weighted by Gasteiger charge is -2.59. The van der Waals surface area contributed by atoms with Crippen LogP contribution in [0.1, 0.15) is 72.1 Å². The number of hydrogen-bond donors (Lipinski definition) is 17. The zero-order valence-corrected chi connectivity index (χ0v) is 43.2. The molecule has 28 nitrogen and oxygen atoms in total. The van der Waals surface area contributed by atoms with Gasteiger partial charge in [-0.25, -0.2) is 0 Å². The Balaban J connectivity index is 1.12. The van der Waals surface area contributed by atoms with E-state index < -0.39 is 204 Å². The van der Waals surface area contributed by atoms with Crippen LogP contribution in [0.5, 0.6) is 0 Å². The summed E-state index contributed by atoms with van der Waals surface area (Å²) in [5, 5.41) is 179. The molecule has 0 amide bonds. The van der Waals surface area contributed by atoms with Crippen molar-refractivity contribution in [3.8, 4) is 0 Å². The molecule has 4 saturated heterocycles. The molecular formula is C49H82O28. The first-order valence-corrected chi connectivity index (χ1v) is 26.4. The van der Waals surface area contributed by atoms with Crippen molar-refractivity contribution in [2.75, 3.05) is 33.0 Å². The molecule has 27 unspecified atom stereocenters. The van der Waals surface area contributed by atoms with E-state index in [1.165, 1.54) is 6.92 Å². The van der Waals surface area contributed by atoms with Gasteiger partial charge in [0.1, 0.15) is 97.7 Å². The van der Waals surface area contributed by atoms with Crippen LogP contribution in [0.25, 0.3) is 0 Å². The van der Waals surface area contributed by atoms with Crippen molar-refractivity contribution in [3.05, 3.63) is 12.2 Å². The maximum atomic E-state index is 15.1. The van der Waals surface area contributed by atoms with Gasteiger partial charge in [0, 0.05) is 0 Å². The second-order valence-electron chi connectivity index (χ2n) is 22.2. The summed E-state index contributed by atoms with van der Waals surface area (Å²) in [7, 11) is 0. The Bertz CT molecular complexity index is 1900. The SMILES string of the molecule is C=C1CC2CCC3[C@](C)(C(=O)OC4OC(CO)C(O)C(OC5OC(CO)C(O)C(O)C5O)C4OC4OC(CO)C(O)C(O)C4O)CCC[C@@]3(C)[C@@H]2CCC1OC(OC(CO)C(C)O)C(O)OC1OC(CO)C(O)C(O)C1O. The lowest BCUT2D eigenvalue weighted by atomic mass is 9.45. The van der Waals surface area contributed by atoms with E-state index in [2.05, 4.69) is 13.5 Å². The van der Waals surface area contributed by atoms with E-state index in [4.69, 9.17) is 47.4 Å². The van der Waals surface area contributed by atoms with Gasteiger partial charge in [-0.15, -0.1) is 0 Å². The Labute approximate surface area is 443 Å². The number of ether oxygens (including phenoxy) is 10. The average molecular weight is 1120 g/mol. The summed E-state index contributed by atoms with van der Waals surface area (Å²) >= 11 is 0. The third-order valence-electron chi connectivity index (χ3n) is 17.4. The molecule has 3 aliphatic carbocycles. The third kappa shape index (κ3) is 12.7. The molecule has 0 bridgehead atoms. The predicted octanol–water partition coefficient (Wildman–Crippen LogP) is -6.84. The highest BCUT2D eigenvalue weighted by Gasteiger charge is 2.62. The van der Waals surface area contributed by atoms with E-state index in [1.807, 2.05) is 0 Å². The van der Waals surface area contributed by atoms with Crippen LogP contribution in [0.15, 0.2) is 12.2 Å². The zero-order chi connectivity index (χ0) is 56.6. The highest BCUT2D eigenvalue weighted by atomic mass is 16.8. The topological polar surface area (TPSA) is 453 Å². The molecule has 17 N–H and O–H groups in total. The van der Waals surface area contributed by atoms with Gasteiger partial charge in [-0.2, -0.15) is 0 Å². The van der Waals surface area contributed by atoms with Crippen LogP contribution in [0.3, 0.4) is 0 Å². The normalized spacial score (nSPS) is 48.4. The van der Waals surface area contributed by atoms with Gasteiger partial charge in [0.25, 0.3) is 0 Å². The number of aliphatic hydroxyl groups excluding tert-OH is 17. The molecule has 446 valence electrons. The van der Waals surface area contributed by atoms with Gasteiger partial charge in [0.15, 0.2) is 25.0 Å². The maximum Gasteiger partial charge on any atom is 0.314 e. The molecule has 3 saturated carbocycles. The smallest absolute Gasteiger partial charge is 0.314 e. The van der Waals surface area contributed by atoms with Gasteiger partial charge in [-0.1, -0.05) is 19.9 Å². The average Bonchev–Trinajstić information content (AvgIpc) is 3.62. The number of rotatable bonds is 19. The second kappa shape index (κ2) is 26.2. The number of hydrogen-bond acceptors (Lipinski definition) is 28. The number of fused-ring (bicyclic) bond motifs is 3. The number of carbonyl (C=O) groups excluding carboxylic acids is 1. The Hall–Kier alpha value is -1.83. The van der Waals surface area contributed by atoms with Crippen LogP contribution in [-0.2, 0) is 52.2 Å². The minimum atomic E-state index is -2.12. The van der Waals surface area contributed by atoms with E-state index >= 15 is 4.79 Å². The summed E-state index contributed by atoms with van der Waals surface area (Å²) in [4.78, 5) is 15.1. The summed E-state index contributed by atoms with van der Waals surface area (Å²) in [6.07, 6.45) is -40.1. The van der Waals surface area contributed by atoms with E-state index in [0.717, 1.165) is 0 Å². The molecule has 0 aromatic rings. The van der Waals surface area contributed by atoms with E-state index in [-0.39, 0.29) is 24.2 Å². The van der Waals surface area contributed by atoms with Gasteiger partial charge in [0.2, 0.25) is 18.9 Å². The molecule has 77 heavy (non-hydrogen) atoms. The van der Waals surface area contributed by atoms with Crippen LogP contribution < -0.4 is 0 Å². The molecule has 0 spiro atoms. The summed E-state index contributed by atoms with van der Waals surface area (Å²) in [5.41, 5.74) is -1.25. The minimum Gasteiger partial charge on any atom is -0.432 e. The molecule has 4 aliphatic heterocycles. The largest absolute Gasteiger partial charge is 0.432 e. The lowest BCUT2D eigenvalue weighted by molar-refractivity contribution is -0.388. The van der Waals surface area contributed by atoms with Crippen molar-refractivity contribution in [1.29, 1.82) is 0 Å². The molecule has 30 atom stereocenters. The molecule has 0 aromatic carbocycles. The number of esters is 1. The summed E-state index contributed by atoms with van der Waals surface area (Å²) in [6.45, 7) is 5.34. The number of carbonyl (C=O) groups is 1. The standard InChI is InChI=1S/C49H82O28/c1-18-12-20-6-9-28-48(3,21(20)7-8-22(18)68-46(69-23(13-50)19(2)55)41(66)76-44-38(65)35(62)31(58)26(16-53)72-44)10-5-11-49(28,4)47(67)77-45-40(75-43-37(64)34(61)30(57)25(15-52)71-43)39(32(59)27(17-54)73-45)74-42-36(63)33(60)29(56)24(14-51)70-42/h19-46,50-66H,1,5-17H2,2-4H3/t19?,20?,21-,22?,23?,24?,25?,26?,27?,28?,29?,30?,31?,32?,33?,34?,35?,36?,37?,38?,39?,40?,41?,42?,43?,44?,45?,46?,48+,49-/m1/s1. The fourth-order valence-electron chi connectivity index (χ4n) is 12.9. The fourth-order valence-corrected chi connectivity index (χ4v) is 12.9. The van der Waals surface area contributed by atoms with E-state index in [1.54, 1.807) is 6.92 Å². The molecular weight excluding hydrogens is 1040 g/mol. The first-order chi connectivity index (χ1) is 36.4. The van der Waals surface area contributed by atoms with E-state index in [0.29, 0.717) is 50.5 Å². The van der Waals surface area contributed by atoms with Gasteiger partial charge in [-0.05, 0) is 87.5 Å². The molecule has 28 heteroatoms. The van der Waals surface area contributed by atoms with Gasteiger partial charge in [-0.3, -0.25) is 4.79 Å². The Morgan fingerprint density at radius 3 is 1.62 bits per heavy atom. The number of aliphatic hydroxyl groups is 17. The minimum absolute atomic E-state index is 0.00171. The highest BCUT2D eigenvalue weighted by molar-refractivity contribution is 5.77. The van der Waals surface area contributed by atoms with Crippen molar-refractivity contribution in [1.82, 2.24) is 0 Å². The quantitative estimate of drug-likeness (QED) is 0.0325. The Kier molecular flexibility index (Phi) is 21.3. The Morgan fingerprint density at radius 2 is 1.10 bits per heavy atom. The zero-order valence-electron chi connectivity index (χ0n) is 43.2. The fraction of sp³-hybridized carbons (Fsp3) is 0.939. The van der Waals surface area contributed by atoms with Crippen LogP contribution in [0, 0.1) is 28.6 Å². The second-order valence-corrected chi connectivity index (χ2v) is 22.2. The molecule has 0 radical (unpaired) electrons. The van der Waals surface area contributed by atoms with Crippen LogP contribution >= 0.6 is 0 Å². The van der Waals surface area contributed by atoms with Crippen molar-refractivity contribution >= 4 is 5.97 Å². The monoisotopic (exact) mass is 1120 g/mol. The summed E-state index contributed by atoms with van der Waals surface area (Å²) < 4.78 is 58.7. The van der Waals surface area contributed by atoms with Crippen LogP contribution in [-0.4, -0.2) is 280 Å². The summed E-state index contributed by atoms with van der Waals surface area (Å²) in [5.74, 6) is -1.28. The van der Waals surface area contributed by atoms with Crippen molar-refractivity contribution in [3.63, 3.8) is 0 Å². The molecule has 7 fully saturated rings. The van der Waals surface area contributed by atoms with Gasteiger partial charge < -0.3 is 134 Å². The van der Waals surface area contributed by atoms with E-state index in [9.17, 15) is 86.8 Å². The first-order valence-electron chi connectivity index (χ1n) is 26.4. The summed E-state index contributed by atoms with van der Waals surface area (Å²) in [6, 6.07) is 0. The predicted molar refractivity (Wildman–Crippen MR) is 251 cm³/mol. The third-order valence-corrected chi connectivity index (χ3v) is 17.4. The highest BCUT2D eigenvalue weighted by Crippen LogP contribution is 2.64. The van der Waals surface area contributed by atoms with Crippen LogP contribution in [0.2, 0.25) is 0 Å².